The van der Waals surface area contributed by atoms with E-state index in [2.05, 4.69) is 15.3 Å². The molecule has 0 fully saturated rings. The highest BCUT2D eigenvalue weighted by Crippen LogP contribution is 2.38. The smallest absolute Gasteiger partial charge is 0.347 e. The molecule has 0 saturated heterocycles. The molecule has 0 aliphatic carbocycles. The third-order valence-electron chi connectivity index (χ3n) is 3.87. The van der Waals surface area contributed by atoms with Gasteiger partial charge in [-0.3, -0.25) is 0 Å². The maximum absolute atomic E-state index is 13.0. The fourth-order valence-electron chi connectivity index (χ4n) is 2.60. The summed E-state index contributed by atoms with van der Waals surface area (Å²) in [5.41, 5.74) is -2.94. The van der Waals surface area contributed by atoms with Crippen molar-refractivity contribution in [1.29, 1.82) is 0 Å². The molecule has 144 valence electrons. The van der Waals surface area contributed by atoms with Gasteiger partial charge in [-0.15, -0.1) is 0 Å². The summed E-state index contributed by atoms with van der Waals surface area (Å²) in [5.74, 6) is 0.786. The molecule has 1 heterocycles. The Bertz CT molecular complexity index is 713. The van der Waals surface area contributed by atoms with E-state index in [1.165, 1.54) is 6.20 Å². The fourth-order valence-corrected chi connectivity index (χ4v) is 2.60. The Labute approximate surface area is 146 Å². The fraction of sp³-hybridized carbons (Fsp3) is 0.471. The lowest BCUT2D eigenvalue weighted by molar-refractivity contribution is -0.143. The first-order valence-electron chi connectivity index (χ1n) is 7.94. The van der Waals surface area contributed by atoms with Gasteiger partial charge in [0.15, 0.2) is 0 Å². The van der Waals surface area contributed by atoms with Crippen molar-refractivity contribution in [3.05, 3.63) is 41.3 Å². The molecule has 2 aromatic rings. The summed E-state index contributed by atoms with van der Waals surface area (Å²) in [7, 11) is 1.71. The maximum atomic E-state index is 13.0. The van der Waals surface area contributed by atoms with Crippen molar-refractivity contribution in [3.8, 4) is 11.3 Å². The van der Waals surface area contributed by atoms with Crippen LogP contribution in [-0.4, -0.2) is 17.0 Å². The van der Waals surface area contributed by atoms with E-state index in [1.54, 1.807) is 7.05 Å². The van der Waals surface area contributed by atoms with E-state index in [0.29, 0.717) is 30.3 Å². The number of halogens is 6. The summed E-state index contributed by atoms with van der Waals surface area (Å²) in [5, 5.41) is 3.03. The highest BCUT2D eigenvalue weighted by Gasteiger charge is 2.37. The molecule has 1 atom stereocenters. The number of hydrogen-bond donors (Lipinski definition) is 2. The van der Waals surface area contributed by atoms with Gasteiger partial charge in [0.1, 0.15) is 5.82 Å². The second-order valence-electron chi connectivity index (χ2n) is 6.44. The van der Waals surface area contributed by atoms with Gasteiger partial charge in [0.05, 0.1) is 22.9 Å². The first-order valence-corrected chi connectivity index (χ1v) is 7.94. The van der Waals surface area contributed by atoms with E-state index in [-0.39, 0.29) is 23.4 Å². The quantitative estimate of drug-likeness (QED) is 0.681. The van der Waals surface area contributed by atoms with Crippen molar-refractivity contribution in [1.82, 2.24) is 15.3 Å². The Balaban J connectivity index is 2.48. The van der Waals surface area contributed by atoms with Crippen LogP contribution in [0.5, 0.6) is 0 Å². The van der Waals surface area contributed by atoms with Crippen LogP contribution in [0.15, 0.2) is 24.4 Å². The highest BCUT2D eigenvalue weighted by atomic mass is 19.4. The molecule has 0 amide bonds. The SMILES string of the molecule is CNC(CC(C)C)c1nc(-c2cc(C(F)(F)F)cc(C(F)(F)F)c2)c[nH]1. The number of alkyl halides is 6. The molecule has 1 aromatic carbocycles. The summed E-state index contributed by atoms with van der Waals surface area (Å²) >= 11 is 0. The third kappa shape index (κ3) is 4.78. The van der Waals surface area contributed by atoms with Crippen LogP contribution in [0, 0.1) is 5.92 Å². The second-order valence-corrected chi connectivity index (χ2v) is 6.44. The monoisotopic (exact) mass is 379 g/mol. The van der Waals surface area contributed by atoms with Gasteiger partial charge in [0.25, 0.3) is 0 Å². The minimum absolute atomic E-state index is 0.0283. The van der Waals surface area contributed by atoms with Gasteiger partial charge >= 0.3 is 12.4 Å². The van der Waals surface area contributed by atoms with Crippen LogP contribution in [0.2, 0.25) is 0 Å². The van der Waals surface area contributed by atoms with Crippen LogP contribution in [0.1, 0.15) is 43.3 Å². The Morgan fingerprint density at radius 1 is 1.00 bits per heavy atom. The molecular formula is C17H19F6N3. The lowest BCUT2D eigenvalue weighted by Crippen LogP contribution is -2.19. The van der Waals surface area contributed by atoms with Gasteiger partial charge < -0.3 is 10.3 Å². The predicted octanol–water partition coefficient (Wildman–Crippen LogP) is 5.42. The number of aromatic nitrogens is 2. The molecule has 1 aromatic heterocycles. The molecule has 26 heavy (non-hydrogen) atoms. The zero-order chi connectivity index (χ0) is 19.7. The molecule has 9 heteroatoms. The van der Waals surface area contributed by atoms with Crippen molar-refractivity contribution >= 4 is 0 Å². The number of nitrogens with zero attached hydrogens (tertiary/aromatic N) is 1. The van der Waals surface area contributed by atoms with Crippen molar-refractivity contribution in [2.75, 3.05) is 7.05 Å². The predicted molar refractivity (Wildman–Crippen MR) is 85.3 cm³/mol. The Morgan fingerprint density at radius 2 is 1.54 bits per heavy atom. The van der Waals surface area contributed by atoms with Gasteiger partial charge in [-0.05, 0) is 37.6 Å². The summed E-state index contributed by atoms with van der Waals surface area (Å²) < 4.78 is 77.9. The summed E-state index contributed by atoms with van der Waals surface area (Å²) in [4.78, 5) is 7.04. The van der Waals surface area contributed by atoms with Gasteiger partial charge in [0.2, 0.25) is 0 Å². The van der Waals surface area contributed by atoms with Crippen LogP contribution < -0.4 is 5.32 Å². The molecule has 2 N–H and O–H groups in total. The number of benzene rings is 1. The number of H-pyrrole nitrogens is 1. The minimum atomic E-state index is -4.89. The lowest BCUT2D eigenvalue weighted by Gasteiger charge is -2.16. The van der Waals surface area contributed by atoms with Crippen LogP contribution in [0.3, 0.4) is 0 Å². The summed E-state index contributed by atoms with van der Waals surface area (Å²) in [6.45, 7) is 3.99. The normalized spacial score (nSPS) is 14.1. The topological polar surface area (TPSA) is 40.7 Å². The average molecular weight is 379 g/mol. The van der Waals surface area contributed by atoms with Crippen molar-refractivity contribution in [2.24, 2.45) is 5.92 Å². The van der Waals surface area contributed by atoms with E-state index in [0.717, 1.165) is 0 Å². The molecule has 0 spiro atoms. The molecular weight excluding hydrogens is 360 g/mol. The van der Waals surface area contributed by atoms with Crippen LogP contribution in [0.4, 0.5) is 26.3 Å². The van der Waals surface area contributed by atoms with E-state index in [4.69, 9.17) is 0 Å². The number of aromatic amines is 1. The Morgan fingerprint density at radius 3 is 1.96 bits per heavy atom. The van der Waals surface area contributed by atoms with E-state index >= 15 is 0 Å². The summed E-state index contributed by atoms with van der Waals surface area (Å²) in [6, 6.07) is 1.27. The molecule has 0 radical (unpaired) electrons. The van der Waals surface area contributed by atoms with E-state index in [1.807, 2.05) is 13.8 Å². The highest BCUT2D eigenvalue weighted by molar-refractivity contribution is 5.61. The van der Waals surface area contributed by atoms with Gasteiger partial charge in [-0.1, -0.05) is 13.8 Å². The standard InChI is InChI=1S/C17H19F6N3/c1-9(2)4-13(24-3)15-25-8-14(26-15)10-5-11(16(18,19)20)7-12(6-10)17(21,22)23/h5-9,13,24H,4H2,1-3H3,(H,25,26). The zero-order valence-corrected chi connectivity index (χ0v) is 14.4. The molecule has 0 bridgehead atoms. The number of nitrogens with one attached hydrogen (secondary N) is 2. The molecule has 0 aliphatic rings. The average Bonchev–Trinajstić information content (AvgIpc) is 3.00. The Kier molecular flexibility index (Phi) is 5.70. The van der Waals surface area contributed by atoms with Crippen LogP contribution in [0.25, 0.3) is 11.3 Å². The second kappa shape index (κ2) is 7.30. The largest absolute Gasteiger partial charge is 0.416 e. The molecule has 2 rings (SSSR count). The number of hydrogen-bond acceptors (Lipinski definition) is 2. The zero-order valence-electron chi connectivity index (χ0n) is 14.4. The molecule has 3 nitrogen and oxygen atoms in total. The lowest BCUT2D eigenvalue weighted by atomic mass is 10.0. The molecule has 1 unspecified atom stereocenters. The van der Waals surface area contributed by atoms with E-state index < -0.39 is 23.5 Å². The van der Waals surface area contributed by atoms with E-state index in [9.17, 15) is 26.3 Å². The summed E-state index contributed by atoms with van der Waals surface area (Å²) in [6.07, 6.45) is -7.75. The van der Waals surface area contributed by atoms with Crippen LogP contribution >= 0.6 is 0 Å². The van der Waals surface area contributed by atoms with Crippen molar-refractivity contribution in [3.63, 3.8) is 0 Å². The number of imidazole rings is 1. The third-order valence-corrected chi connectivity index (χ3v) is 3.87. The van der Waals surface area contributed by atoms with Crippen molar-refractivity contribution in [2.45, 2.75) is 38.7 Å². The maximum Gasteiger partial charge on any atom is 0.416 e. The van der Waals surface area contributed by atoms with Gasteiger partial charge in [-0.2, -0.15) is 26.3 Å². The van der Waals surface area contributed by atoms with Gasteiger partial charge in [-0.25, -0.2) is 4.98 Å². The molecule has 0 aliphatic heterocycles. The van der Waals surface area contributed by atoms with Crippen molar-refractivity contribution < 1.29 is 26.3 Å². The minimum Gasteiger partial charge on any atom is -0.347 e. The first kappa shape index (κ1) is 20.3. The van der Waals surface area contributed by atoms with Crippen LogP contribution in [-0.2, 0) is 12.4 Å². The Hall–Kier alpha value is -2.03. The first-order chi connectivity index (χ1) is 11.9. The number of rotatable bonds is 5. The molecule has 0 saturated carbocycles. The van der Waals surface area contributed by atoms with Gasteiger partial charge in [0, 0.05) is 11.8 Å².